The van der Waals surface area contributed by atoms with Crippen molar-refractivity contribution in [3.8, 4) is 5.75 Å². The van der Waals surface area contributed by atoms with Crippen molar-refractivity contribution in [1.29, 1.82) is 0 Å². The molecule has 2 amide bonds. The zero-order valence-corrected chi connectivity index (χ0v) is 12.9. The van der Waals surface area contributed by atoms with Crippen molar-refractivity contribution in [3.05, 3.63) is 59.9 Å². The van der Waals surface area contributed by atoms with Gasteiger partial charge in [-0.15, -0.1) is 0 Å². The summed E-state index contributed by atoms with van der Waals surface area (Å²) in [5.74, 6) is -0.576. The molecule has 0 radical (unpaired) electrons. The quantitative estimate of drug-likeness (QED) is 0.857. The largest absolute Gasteiger partial charge is 0.484 e. The molecule has 1 saturated carbocycles. The molecule has 6 heteroatoms. The third-order valence-electron chi connectivity index (χ3n) is 3.54. The van der Waals surface area contributed by atoms with Crippen molar-refractivity contribution in [1.82, 2.24) is 5.32 Å². The maximum atomic E-state index is 12.8. The number of anilines is 1. The Kier molecular flexibility index (Phi) is 4.74. The van der Waals surface area contributed by atoms with E-state index in [0.717, 1.165) is 12.8 Å². The van der Waals surface area contributed by atoms with Gasteiger partial charge in [-0.05, 0) is 49.2 Å². The van der Waals surface area contributed by atoms with E-state index in [2.05, 4.69) is 10.6 Å². The van der Waals surface area contributed by atoms with Crippen LogP contribution in [0, 0.1) is 5.82 Å². The highest BCUT2D eigenvalue weighted by Gasteiger charge is 2.25. The van der Waals surface area contributed by atoms with Crippen LogP contribution in [-0.4, -0.2) is 24.5 Å². The molecule has 2 aromatic rings. The highest BCUT2D eigenvalue weighted by molar-refractivity contribution is 6.04. The molecular formula is C18H17FN2O3. The molecule has 0 aliphatic heterocycles. The second kappa shape index (κ2) is 7.12. The van der Waals surface area contributed by atoms with Crippen molar-refractivity contribution in [2.75, 3.05) is 11.9 Å². The van der Waals surface area contributed by atoms with Crippen LogP contribution < -0.4 is 15.4 Å². The maximum Gasteiger partial charge on any atom is 0.262 e. The smallest absolute Gasteiger partial charge is 0.262 e. The zero-order chi connectivity index (χ0) is 16.9. The summed E-state index contributed by atoms with van der Waals surface area (Å²) in [6, 6.07) is 12.4. The number of halogens is 1. The van der Waals surface area contributed by atoms with E-state index in [1.54, 1.807) is 24.3 Å². The number of rotatable bonds is 6. The normalized spacial score (nSPS) is 13.2. The van der Waals surface area contributed by atoms with Crippen molar-refractivity contribution in [3.63, 3.8) is 0 Å². The molecule has 124 valence electrons. The van der Waals surface area contributed by atoms with Gasteiger partial charge in [-0.1, -0.05) is 12.1 Å². The Morgan fingerprint density at radius 1 is 1.08 bits per heavy atom. The second-order valence-corrected chi connectivity index (χ2v) is 5.58. The molecule has 0 atom stereocenters. The van der Waals surface area contributed by atoms with Crippen LogP contribution >= 0.6 is 0 Å². The number of amides is 2. The molecule has 0 saturated heterocycles. The molecule has 1 aliphatic carbocycles. The SMILES string of the molecule is O=C(COc1ccc(F)cc1)Nc1ccccc1C(=O)NC1CC1. The Bertz CT molecular complexity index is 742. The standard InChI is InChI=1S/C18H17FN2O3/c19-12-5-9-14(10-6-12)24-11-17(22)21-16-4-2-1-3-15(16)18(23)20-13-7-8-13/h1-6,9-10,13H,7-8,11H2,(H,20,23)(H,21,22). The summed E-state index contributed by atoms with van der Waals surface area (Å²) in [7, 11) is 0. The van der Waals surface area contributed by atoms with Gasteiger partial charge >= 0.3 is 0 Å². The first-order valence-electron chi connectivity index (χ1n) is 7.70. The van der Waals surface area contributed by atoms with E-state index in [1.807, 2.05) is 0 Å². The molecule has 0 bridgehead atoms. The van der Waals surface area contributed by atoms with Gasteiger partial charge in [-0.3, -0.25) is 9.59 Å². The molecule has 2 N–H and O–H groups in total. The van der Waals surface area contributed by atoms with Gasteiger partial charge in [0, 0.05) is 6.04 Å². The van der Waals surface area contributed by atoms with Crippen LogP contribution in [0.25, 0.3) is 0 Å². The van der Waals surface area contributed by atoms with Crippen LogP contribution in [0.5, 0.6) is 5.75 Å². The van der Waals surface area contributed by atoms with Crippen LogP contribution in [0.4, 0.5) is 10.1 Å². The first-order valence-corrected chi connectivity index (χ1v) is 7.70. The average molecular weight is 328 g/mol. The predicted molar refractivity (Wildman–Crippen MR) is 87.5 cm³/mol. The monoisotopic (exact) mass is 328 g/mol. The van der Waals surface area contributed by atoms with Gasteiger partial charge in [0.25, 0.3) is 11.8 Å². The summed E-state index contributed by atoms with van der Waals surface area (Å²) in [6.07, 6.45) is 1.98. The van der Waals surface area contributed by atoms with Crippen LogP contribution in [-0.2, 0) is 4.79 Å². The van der Waals surface area contributed by atoms with Crippen LogP contribution in [0.15, 0.2) is 48.5 Å². The Labute approximate surface area is 138 Å². The van der Waals surface area contributed by atoms with Crippen molar-refractivity contribution < 1.29 is 18.7 Å². The predicted octanol–water partition coefficient (Wildman–Crippen LogP) is 2.74. The summed E-state index contributed by atoms with van der Waals surface area (Å²) in [4.78, 5) is 24.2. The molecule has 5 nitrogen and oxygen atoms in total. The highest BCUT2D eigenvalue weighted by atomic mass is 19.1. The third kappa shape index (κ3) is 4.32. The summed E-state index contributed by atoms with van der Waals surface area (Å²) < 4.78 is 18.1. The first kappa shape index (κ1) is 16.0. The Morgan fingerprint density at radius 2 is 1.79 bits per heavy atom. The minimum atomic E-state index is -0.397. The van der Waals surface area contributed by atoms with Gasteiger partial charge in [0.05, 0.1) is 11.3 Å². The van der Waals surface area contributed by atoms with E-state index in [9.17, 15) is 14.0 Å². The van der Waals surface area contributed by atoms with E-state index < -0.39 is 5.91 Å². The van der Waals surface area contributed by atoms with Crippen LogP contribution in [0.2, 0.25) is 0 Å². The lowest BCUT2D eigenvalue weighted by Gasteiger charge is -2.11. The van der Waals surface area contributed by atoms with E-state index in [4.69, 9.17) is 4.74 Å². The molecule has 0 heterocycles. The number of benzene rings is 2. The van der Waals surface area contributed by atoms with Gasteiger partial charge in [-0.25, -0.2) is 4.39 Å². The Balaban J connectivity index is 1.59. The molecule has 24 heavy (non-hydrogen) atoms. The van der Waals surface area contributed by atoms with Crippen LogP contribution in [0.3, 0.4) is 0 Å². The Hall–Kier alpha value is -2.89. The van der Waals surface area contributed by atoms with Gasteiger partial charge in [0.2, 0.25) is 0 Å². The lowest BCUT2D eigenvalue weighted by Crippen LogP contribution is -2.27. The highest BCUT2D eigenvalue weighted by Crippen LogP contribution is 2.21. The fraction of sp³-hybridized carbons (Fsp3) is 0.222. The maximum absolute atomic E-state index is 12.8. The molecule has 2 aromatic carbocycles. The minimum Gasteiger partial charge on any atom is -0.484 e. The van der Waals surface area contributed by atoms with Gasteiger partial charge < -0.3 is 15.4 Å². The Morgan fingerprint density at radius 3 is 2.50 bits per heavy atom. The molecule has 1 fully saturated rings. The lowest BCUT2D eigenvalue weighted by molar-refractivity contribution is -0.118. The van der Waals surface area contributed by atoms with Crippen molar-refractivity contribution in [2.24, 2.45) is 0 Å². The second-order valence-electron chi connectivity index (χ2n) is 5.58. The summed E-state index contributed by atoms with van der Waals surface area (Å²) >= 11 is 0. The van der Waals surface area contributed by atoms with E-state index in [0.29, 0.717) is 17.0 Å². The topological polar surface area (TPSA) is 67.4 Å². The van der Waals surface area contributed by atoms with Gasteiger partial charge in [0.1, 0.15) is 11.6 Å². The molecule has 1 aliphatic rings. The van der Waals surface area contributed by atoms with E-state index >= 15 is 0 Å². The molecule has 3 rings (SSSR count). The van der Waals surface area contributed by atoms with E-state index in [1.165, 1.54) is 24.3 Å². The number of ether oxygens (including phenoxy) is 1. The minimum absolute atomic E-state index is 0.201. The number of carbonyl (C=O) groups excluding carboxylic acids is 2. The van der Waals surface area contributed by atoms with E-state index in [-0.39, 0.29) is 24.4 Å². The average Bonchev–Trinajstić information content (AvgIpc) is 3.39. The van der Waals surface area contributed by atoms with Crippen molar-refractivity contribution >= 4 is 17.5 Å². The van der Waals surface area contributed by atoms with Crippen LogP contribution in [0.1, 0.15) is 23.2 Å². The molecular weight excluding hydrogens is 311 g/mol. The van der Waals surface area contributed by atoms with Gasteiger partial charge in [-0.2, -0.15) is 0 Å². The number of carbonyl (C=O) groups is 2. The summed E-state index contributed by atoms with van der Waals surface area (Å²) in [5, 5.41) is 5.56. The number of hydrogen-bond acceptors (Lipinski definition) is 3. The van der Waals surface area contributed by atoms with Crippen molar-refractivity contribution in [2.45, 2.75) is 18.9 Å². The number of hydrogen-bond donors (Lipinski definition) is 2. The summed E-state index contributed by atoms with van der Waals surface area (Å²) in [6.45, 7) is -0.232. The first-order chi connectivity index (χ1) is 11.6. The molecule has 0 spiro atoms. The fourth-order valence-corrected chi connectivity index (χ4v) is 2.15. The zero-order valence-electron chi connectivity index (χ0n) is 12.9. The summed E-state index contributed by atoms with van der Waals surface area (Å²) in [5.41, 5.74) is 0.850. The molecule has 0 unspecified atom stereocenters. The third-order valence-corrected chi connectivity index (χ3v) is 3.54. The molecule has 0 aromatic heterocycles. The number of nitrogens with one attached hydrogen (secondary N) is 2. The number of para-hydroxylation sites is 1. The lowest BCUT2D eigenvalue weighted by atomic mass is 10.1. The van der Waals surface area contributed by atoms with Gasteiger partial charge in [0.15, 0.2) is 6.61 Å². The fourth-order valence-electron chi connectivity index (χ4n) is 2.15.